The fourth-order valence-corrected chi connectivity index (χ4v) is 4.04. The topological polar surface area (TPSA) is 43.9 Å². The van der Waals surface area contributed by atoms with Crippen LogP contribution in [0.15, 0.2) is 18.2 Å². The number of carbonyl (C=O) groups is 2. The number of rotatable bonds is 3. The molecule has 1 aromatic carbocycles. The first-order valence-electron chi connectivity index (χ1n) is 9.14. The zero-order chi connectivity index (χ0) is 18.7. The number of amides is 2. The van der Waals surface area contributed by atoms with Gasteiger partial charge in [0.05, 0.1) is 10.0 Å². The van der Waals surface area contributed by atoms with Crippen molar-refractivity contribution >= 4 is 35.0 Å². The second-order valence-electron chi connectivity index (χ2n) is 7.13. The molecule has 2 fully saturated rings. The van der Waals surface area contributed by atoms with E-state index in [9.17, 15) is 9.59 Å². The Morgan fingerprint density at radius 2 is 1.62 bits per heavy atom. The quantitative estimate of drug-likeness (QED) is 0.787. The van der Waals surface area contributed by atoms with Crippen molar-refractivity contribution in [1.29, 1.82) is 0 Å². The molecule has 0 aromatic heterocycles. The van der Waals surface area contributed by atoms with Crippen LogP contribution in [0.25, 0.3) is 0 Å². The summed E-state index contributed by atoms with van der Waals surface area (Å²) >= 11 is 12.1. The molecule has 0 bridgehead atoms. The minimum atomic E-state index is 0.0622. The summed E-state index contributed by atoms with van der Waals surface area (Å²) in [6.45, 7) is 7.04. The van der Waals surface area contributed by atoms with Gasteiger partial charge < -0.3 is 9.80 Å². The molecule has 0 atom stereocenters. The van der Waals surface area contributed by atoms with E-state index in [2.05, 4.69) is 4.90 Å². The summed E-state index contributed by atoms with van der Waals surface area (Å²) in [5, 5.41) is 1.15. The van der Waals surface area contributed by atoms with Crippen LogP contribution in [0.4, 0.5) is 0 Å². The lowest BCUT2D eigenvalue weighted by atomic mass is 9.95. The third kappa shape index (κ3) is 4.70. The minimum absolute atomic E-state index is 0.0622. The highest BCUT2D eigenvalue weighted by Crippen LogP contribution is 2.24. The first-order chi connectivity index (χ1) is 12.4. The molecule has 0 saturated carbocycles. The van der Waals surface area contributed by atoms with Crippen LogP contribution in [-0.4, -0.2) is 65.8 Å². The lowest BCUT2D eigenvalue weighted by Crippen LogP contribution is -2.51. The van der Waals surface area contributed by atoms with Crippen LogP contribution in [-0.2, 0) is 16.1 Å². The molecule has 7 heteroatoms. The van der Waals surface area contributed by atoms with Gasteiger partial charge in [-0.15, -0.1) is 0 Å². The highest BCUT2D eigenvalue weighted by atomic mass is 35.5. The van der Waals surface area contributed by atoms with Gasteiger partial charge in [0.2, 0.25) is 11.8 Å². The molecular formula is C19H25Cl2N3O2. The van der Waals surface area contributed by atoms with Gasteiger partial charge in [0.25, 0.3) is 0 Å². The zero-order valence-electron chi connectivity index (χ0n) is 15.1. The normalized spacial score (nSPS) is 19.7. The number of benzene rings is 1. The standard InChI is InChI=1S/C19H25Cl2N3O2/c1-14(25)23-6-4-16(5-7-23)19(26)24-10-8-22(9-11-24)13-15-2-3-17(20)18(21)12-15/h2-3,12,16H,4-11,13H2,1H3. The van der Waals surface area contributed by atoms with Crippen LogP contribution in [0.2, 0.25) is 10.0 Å². The largest absolute Gasteiger partial charge is 0.343 e. The van der Waals surface area contributed by atoms with Gasteiger partial charge in [0.1, 0.15) is 0 Å². The fourth-order valence-electron chi connectivity index (χ4n) is 3.72. The van der Waals surface area contributed by atoms with Crippen molar-refractivity contribution < 1.29 is 9.59 Å². The van der Waals surface area contributed by atoms with Gasteiger partial charge in [0, 0.05) is 58.7 Å². The van der Waals surface area contributed by atoms with Gasteiger partial charge in [0.15, 0.2) is 0 Å². The van der Waals surface area contributed by atoms with Crippen molar-refractivity contribution in [2.24, 2.45) is 5.92 Å². The maximum Gasteiger partial charge on any atom is 0.225 e. The minimum Gasteiger partial charge on any atom is -0.343 e. The first-order valence-corrected chi connectivity index (χ1v) is 9.90. The molecule has 0 radical (unpaired) electrons. The third-order valence-corrected chi connectivity index (χ3v) is 6.10. The van der Waals surface area contributed by atoms with Crippen molar-refractivity contribution in [1.82, 2.24) is 14.7 Å². The number of likely N-dealkylation sites (tertiary alicyclic amines) is 1. The number of hydrogen-bond acceptors (Lipinski definition) is 3. The molecule has 3 rings (SSSR count). The predicted octanol–water partition coefficient (Wildman–Crippen LogP) is 2.90. The predicted molar refractivity (Wildman–Crippen MR) is 103 cm³/mol. The Balaban J connectivity index is 1.46. The van der Waals surface area contributed by atoms with Gasteiger partial charge in [-0.1, -0.05) is 29.3 Å². The van der Waals surface area contributed by atoms with E-state index >= 15 is 0 Å². The molecule has 2 aliphatic rings. The monoisotopic (exact) mass is 397 g/mol. The molecule has 0 N–H and O–H groups in total. The summed E-state index contributed by atoms with van der Waals surface area (Å²) in [5.41, 5.74) is 1.13. The Morgan fingerprint density at radius 3 is 2.19 bits per heavy atom. The van der Waals surface area contributed by atoms with Crippen molar-refractivity contribution in [2.45, 2.75) is 26.3 Å². The summed E-state index contributed by atoms with van der Waals surface area (Å²) < 4.78 is 0. The lowest BCUT2D eigenvalue weighted by molar-refractivity contribution is -0.141. The summed E-state index contributed by atoms with van der Waals surface area (Å²) in [6, 6.07) is 5.73. The van der Waals surface area contributed by atoms with Gasteiger partial charge >= 0.3 is 0 Å². The molecule has 142 valence electrons. The average Bonchev–Trinajstić information content (AvgIpc) is 2.65. The fraction of sp³-hybridized carbons (Fsp3) is 0.579. The smallest absolute Gasteiger partial charge is 0.225 e. The molecule has 26 heavy (non-hydrogen) atoms. The molecule has 2 amide bonds. The number of carbonyl (C=O) groups excluding carboxylic acids is 2. The Bertz CT molecular complexity index is 667. The third-order valence-electron chi connectivity index (χ3n) is 5.36. The summed E-state index contributed by atoms with van der Waals surface area (Å²) in [5.74, 6) is 0.418. The average molecular weight is 398 g/mol. The summed E-state index contributed by atoms with van der Waals surface area (Å²) in [7, 11) is 0. The van der Waals surface area contributed by atoms with E-state index in [-0.39, 0.29) is 17.7 Å². The highest BCUT2D eigenvalue weighted by Gasteiger charge is 2.30. The Labute approximate surface area is 164 Å². The molecule has 5 nitrogen and oxygen atoms in total. The van der Waals surface area contributed by atoms with E-state index in [1.165, 1.54) is 0 Å². The number of halogens is 2. The van der Waals surface area contributed by atoms with Gasteiger partial charge in [-0.3, -0.25) is 14.5 Å². The van der Waals surface area contributed by atoms with Crippen LogP contribution in [0.5, 0.6) is 0 Å². The summed E-state index contributed by atoms with van der Waals surface area (Å²) in [6.07, 6.45) is 1.56. The molecule has 0 spiro atoms. The number of piperidine rings is 1. The van der Waals surface area contributed by atoms with E-state index < -0.39 is 0 Å². The lowest BCUT2D eigenvalue weighted by Gasteiger charge is -2.38. The number of hydrogen-bond donors (Lipinski definition) is 0. The summed E-state index contributed by atoms with van der Waals surface area (Å²) in [4.78, 5) is 30.3. The van der Waals surface area contributed by atoms with E-state index in [1.54, 1.807) is 6.92 Å². The van der Waals surface area contributed by atoms with Crippen molar-refractivity contribution in [3.05, 3.63) is 33.8 Å². The molecule has 2 aliphatic heterocycles. The Kier molecular flexibility index (Phi) is 6.43. The molecule has 1 aromatic rings. The second-order valence-corrected chi connectivity index (χ2v) is 7.94. The van der Waals surface area contributed by atoms with E-state index in [0.29, 0.717) is 23.1 Å². The van der Waals surface area contributed by atoms with E-state index in [4.69, 9.17) is 23.2 Å². The molecule has 0 unspecified atom stereocenters. The van der Waals surface area contributed by atoms with Crippen LogP contribution in [0, 0.1) is 5.92 Å². The van der Waals surface area contributed by atoms with Crippen LogP contribution < -0.4 is 0 Å². The van der Waals surface area contributed by atoms with Crippen LogP contribution in [0.3, 0.4) is 0 Å². The van der Waals surface area contributed by atoms with Gasteiger partial charge in [-0.2, -0.15) is 0 Å². The Morgan fingerprint density at radius 1 is 0.962 bits per heavy atom. The zero-order valence-corrected chi connectivity index (χ0v) is 16.6. The number of nitrogens with zero attached hydrogens (tertiary/aromatic N) is 3. The van der Waals surface area contributed by atoms with Crippen molar-refractivity contribution in [2.75, 3.05) is 39.3 Å². The van der Waals surface area contributed by atoms with Crippen molar-refractivity contribution in [3.8, 4) is 0 Å². The van der Waals surface area contributed by atoms with Crippen LogP contribution in [0.1, 0.15) is 25.3 Å². The second kappa shape index (κ2) is 8.59. The SMILES string of the molecule is CC(=O)N1CCC(C(=O)N2CCN(Cc3ccc(Cl)c(Cl)c3)CC2)CC1. The molecule has 2 heterocycles. The molecular weight excluding hydrogens is 373 g/mol. The number of piperazine rings is 1. The maximum absolute atomic E-state index is 12.7. The maximum atomic E-state index is 12.7. The molecule has 0 aliphatic carbocycles. The first kappa shape index (κ1) is 19.5. The van der Waals surface area contributed by atoms with Crippen molar-refractivity contribution in [3.63, 3.8) is 0 Å². The van der Waals surface area contributed by atoms with Crippen LogP contribution >= 0.6 is 23.2 Å². The Hall–Kier alpha value is -1.30. The van der Waals surface area contributed by atoms with Gasteiger partial charge in [-0.05, 0) is 30.5 Å². The molecule has 2 saturated heterocycles. The highest BCUT2D eigenvalue weighted by molar-refractivity contribution is 6.42. The van der Waals surface area contributed by atoms with E-state index in [0.717, 1.165) is 51.1 Å². The van der Waals surface area contributed by atoms with Gasteiger partial charge in [-0.25, -0.2) is 0 Å². The van der Waals surface area contributed by atoms with E-state index in [1.807, 2.05) is 28.0 Å².